The van der Waals surface area contributed by atoms with Crippen LogP contribution in [0.4, 0.5) is 0 Å². The van der Waals surface area contributed by atoms with Crippen molar-refractivity contribution in [2.75, 3.05) is 6.61 Å². The molecule has 3 aromatic rings. The van der Waals surface area contributed by atoms with Crippen molar-refractivity contribution in [3.63, 3.8) is 0 Å². The third-order valence-corrected chi connectivity index (χ3v) is 4.69. The summed E-state index contributed by atoms with van der Waals surface area (Å²) in [6.45, 7) is 6.65. The number of rotatable bonds is 4. The minimum absolute atomic E-state index is 0.294. The number of nitrogens with zero attached hydrogens (tertiary/aromatic N) is 3. The van der Waals surface area contributed by atoms with Gasteiger partial charge in [-0.1, -0.05) is 6.07 Å². The van der Waals surface area contributed by atoms with E-state index < -0.39 is 5.97 Å². The van der Waals surface area contributed by atoms with Gasteiger partial charge in [-0.15, -0.1) is 0 Å². The first-order chi connectivity index (χ1) is 12.6. The summed E-state index contributed by atoms with van der Waals surface area (Å²) in [5.41, 5.74) is 5.93. The van der Waals surface area contributed by atoms with Gasteiger partial charge < -0.3 is 9.15 Å². The second-order valence-electron chi connectivity index (χ2n) is 6.58. The number of ether oxygens (including phenoxy) is 1. The van der Waals surface area contributed by atoms with Crippen LogP contribution >= 0.6 is 0 Å². The summed E-state index contributed by atoms with van der Waals surface area (Å²) in [7, 11) is 0. The van der Waals surface area contributed by atoms with Gasteiger partial charge in [-0.25, -0.2) is 4.79 Å². The molecule has 0 amide bonds. The average Bonchev–Trinajstić information content (AvgIpc) is 3.17. The van der Waals surface area contributed by atoms with Gasteiger partial charge in [0.1, 0.15) is 5.76 Å². The molecular formula is C20H21N3O3. The van der Waals surface area contributed by atoms with E-state index in [1.54, 1.807) is 6.92 Å². The van der Waals surface area contributed by atoms with Gasteiger partial charge in [-0.2, -0.15) is 5.10 Å². The topological polar surface area (TPSA) is 70.2 Å². The first-order valence-electron chi connectivity index (χ1n) is 8.84. The van der Waals surface area contributed by atoms with Crippen molar-refractivity contribution in [3.05, 3.63) is 58.4 Å². The maximum Gasteiger partial charge on any atom is 0.374 e. The Kier molecular flexibility index (Phi) is 4.11. The molecule has 26 heavy (non-hydrogen) atoms. The largest absolute Gasteiger partial charge is 0.460 e. The van der Waals surface area contributed by atoms with Crippen LogP contribution in [0.5, 0.6) is 0 Å². The average molecular weight is 351 g/mol. The lowest BCUT2D eigenvalue weighted by Gasteiger charge is -2.09. The molecule has 0 N–H and O–H groups in total. The maximum absolute atomic E-state index is 12.1. The minimum atomic E-state index is -0.411. The number of pyridine rings is 1. The van der Waals surface area contributed by atoms with E-state index in [1.165, 1.54) is 5.56 Å². The summed E-state index contributed by atoms with van der Waals surface area (Å²) in [6.07, 6.45) is 5.57. The minimum Gasteiger partial charge on any atom is -0.460 e. The fourth-order valence-electron chi connectivity index (χ4n) is 3.41. The molecule has 3 heterocycles. The van der Waals surface area contributed by atoms with E-state index in [9.17, 15) is 4.79 Å². The summed E-state index contributed by atoms with van der Waals surface area (Å²) in [5.74, 6) is 0.702. The Morgan fingerprint density at radius 3 is 2.88 bits per heavy atom. The second-order valence-corrected chi connectivity index (χ2v) is 6.58. The van der Waals surface area contributed by atoms with Crippen LogP contribution in [0.15, 0.2) is 28.9 Å². The Bertz CT molecular complexity index is 967. The Balaban J connectivity index is 1.68. The zero-order valence-electron chi connectivity index (χ0n) is 15.2. The third kappa shape index (κ3) is 2.81. The summed E-state index contributed by atoms with van der Waals surface area (Å²) in [6, 6.07) is 4.07. The van der Waals surface area contributed by atoms with Crippen molar-refractivity contribution in [2.24, 2.45) is 0 Å². The maximum atomic E-state index is 12.1. The van der Waals surface area contributed by atoms with Crippen molar-refractivity contribution in [2.45, 2.75) is 40.2 Å². The summed E-state index contributed by atoms with van der Waals surface area (Å²) >= 11 is 0. The molecule has 0 bridgehead atoms. The highest BCUT2D eigenvalue weighted by atomic mass is 16.5. The van der Waals surface area contributed by atoms with E-state index in [0.717, 1.165) is 46.7 Å². The van der Waals surface area contributed by atoms with E-state index in [2.05, 4.69) is 17.2 Å². The Hall–Kier alpha value is -2.89. The number of furan rings is 1. The molecule has 0 atom stereocenters. The van der Waals surface area contributed by atoms with Gasteiger partial charge in [0, 0.05) is 35.6 Å². The monoisotopic (exact) mass is 351 g/mol. The van der Waals surface area contributed by atoms with E-state index in [-0.39, 0.29) is 0 Å². The fourth-order valence-corrected chi connectivity index (χ4v) is 3.41. The zero-order valence-corrected chi connectivity index (χ0v) is 15.2. The molecule has 1 aliphatic carbocycles. The van der Waals surface area contributed by atoms with Crippen LogP contribution in [0.25, 0.3) is 11.3 Å². The highest BCUT2D eigenvalue weighted by Crippen LogP contribution is 2.38. The number of carbonyl (C=O) groups is 1. The molecule has 6 heteroatoms. The number of hydrogen-bond acceptors (Lipinski definition) is 5. The molecule has 0 saturated heterocycles. The van der Waals surface area contributed by atoms with Crippen LogP contribution in [0.3, 0.4) is 0 Å². The van der Waals surface area contributed by atoms with Gasteiger partial charge in [0.2, 0.25) is 5.76 Å². The van der Waals surface area contributed by atoms with Gasteiger partial charge in [0.15, 0.2) is 0 Å². The van der Waals surface area contributed by atoms with Crippen molar-refractivity contribution in [1.29, 1.82) is 0 Å². The van der Waals surface area contributed by atoms with E-state index >= 15 is 0 Å². The van der Waals surface area contributed by atoms with Crippen LogP contribution < -0.4 is 0 Å². The van der Waals surface area contributed by atoms with Crippen molar-refractivity contribution in [1.82, 2.24) is 14.8 Å². The molecule has 0 spiro atoms. The van der Waals surface area contributed by atoms with Crippen LogP contribution in [-0.4, -0.2) is 27.3 Å². The second kappa shape index (κ2) is 6.44. The molecular weight excluding hydrogens is 330 g/mol. The fraction of sp³-hybridized carbons (Fsp3) is 0.350. The van der Waals surface area contributed by atoms with Gasteiger partial charge in [-0.3, -0.25) is 9.67 Å². The van der Waals surface area contributed by atoms with Gasteiger partial charge in [0.05, 0.1) is 18.8 Å². The molecule has 134 valence electrons. The van der Waals surface area contributed by atoms with E-state index in [0.29, 0.717) is 18.9 Å². The Morgan fingerprint density at radius 1 is 1.31 bits per heavy atom. The first kappa shape index (κ1) is 16.6. The van der Waals surface area contributed by atoms with Gasteiger partial charge >= 0.3 is 5.97 Å². The van der Waals surface area contributed by atoms with Crippen LogP contribution in [0.2, 0.25) is 0 Å². The number of esters is 1. The third-order valence-electron chi connectivity index (χ3n) is 4.69. The van der Waals surface area contributed by atoms with E-state index in [1.807, 2.05) is 30.8 Å². The van der Waals surface area contributed by atoms with Crippen LogP contribution in [0.1, 0.15) is 45.6 Å². The molecule has 6 nitrogen and oxygen atoms in total. The summed E-state index contributed by atoms with van der Waals surface area (Å²) < 4.78 is 12.9. The predicted octanol–water partition coefficient (Wildman–Crippen LogP) is 3.48. The first-order valence-corrected chi connectivity index (χ1v) is 8.84. The van der Waals surface area contributed by atoms with Gasteiger partial charge in [0.25, 0.3) is 0 Å². The molecule has 0 radical (unpaired) electrons. The normalized spacial score (nSPS) is 12.6. The lowest BCUT2D eigenvalue weighted by molar-refractivity contribution is 0.0487. The van der Waals surface area contributed by atoms with Gasteiger partial charge in [-0.05, 0) is 44.4 Å². The van der Waals surface area contributed by atoms with E-state index in [4.69, 9.17) is 14.3 Å². The van der Waals surface area contributed by atoms with Crippen molar-refractivity contribution < 1.29 is 13.9 Å². The Labute approximate surface area is 151 Å². The number of aryl methyl sites for hydroxylation is 3. The molecule has 0 unspecified atom stereocenters. The Morgan fingerprint density at radius 2 is 2.15 bits per heavy atom. The molecule has 0 saturated carbocycles. The molecule has 0 aromatic carbocycles. The molecule has 4 rings (SSSR count). The highest BCUT2D eigenvalue weighted by molar-refractivity contribution is 5.91. The SMILES string of the molecule is CCOC(=O)c1oc2c(c1C)-c1nn(Cc3ccc(C)nc3)cc1CC2. The van der Waals surface area contributed by atoms with Crippen LogP contribution in [0, 0.1) is 13.8 Å². The van der Waals surface area contributed by atoms with Crippen molar-refractivity contribution in [3.8, 4) is 11.3 Å². The summed E-state index contributed by atoms with van der Waals surface area (Å²) in [5, 5.41) is 4.77. The zero-order chi connectivity index (χ0) is 18.3. The summed E-state index contributed by atoms with van der Waals surface area (Å²) in [4.78, 5) is 16.5. The standard InChI is InChI=1S/C20H21N3O3/c1-4-25-20(24)19-13(3)17-16(26-19)8-7-15-11-23(22-18(15)17)10-14-6-5-12(2)21-9-14/h5-6,9,11H,4,7-8,10H2,1-3H3. The number of hydrogen-bond donors (Lipinski definition) is 0. The molecule has 3 aromatic heterocycles. The predicted molar refractivity (Wildman–Crippen MR) is 96.1 cm³/mol. The molecule has 0 aliphatic heterocycles. The van der Waals surface area contributed by atoms with Crippen LogP contribution in [-0.2, 0) is 24.1 Å². The highest BCUT2D eigenvalue weighted by Gasteiger charge is 2.30. The smallest absolute Gasteiger partial charge is 0.374 e. The molecule has 1 aliphatic rings. The number of carbonyl (C=O) groups excluding carboxylic acids is 1. The number of fused-ring (bicyclic) bond motifs is 3. The lowest BCUT2D eigenvalue weighted by atomic mass is 9.94. The number of aromatic nitrogens is 3. The lowest BCUT2D eigenvalue weighted by Crippen LogP contribution is -2.05. The quantitative estimate of drug-likeness (QED) is 0.673. The van der Waals surface area contributed by atoms with Crippen molar-refractivity contribution >= 4 is 5.97 Å². The molecule has 0 fully saturated rings.